The van der Waals surface area contributed by atoms with Gasteiger partial charge in [-0.1, -0.05) is 0 Å². The Morgan fingerprint density at radius 2 is 2.06 bits per heavy atom. The molecule has 0 atom stereocenters. The molecule has 92 valence electrons. The van der Waals surface area contributed by atoms with Gasteiger partial charge in [0.05, 0.1) is 0 Å². The fourth-order valence-electron chi connectivity index (χ4n) is 1.93. The van der Waals surface area contributed by atoms with Crippen molar-refractivity contribution in [2.45, 2.75) is 20.4 Å². The maximum absolute atomic E-state index is 11.7. The molecular formula is C12H16ClN3O. The molecule has 2 heterocycles. The molecule has 4 nitrogen and oxygen atoms in total. The first-order chi connectivity index (χ1) is 7.63. The average Bonchev–Trinajstić information content (AvgIpc) is 2.22. The van der Waals surface area contributed by atoms with Crippen LogP contribution in [0.25, 0.3) is 11.0 Å². The molecule has 0 radical (unpaired) electrons. The highest BCUT2D eigenvalue weighted by Crippen LogP contribution is 2.15. The van der Waals surface area contributed by atoms with E-state index in [9.17, 15) is 4.79 Å². The third-order valence-corrected chi connectivity index (χ3v) is 2.64. The van der Waals surface area contributed by atoms with Crippen molar-refractivity contribution in [2.24, 2.45) is 5.73 Å². The second-order valence-corrected chi connectivity index (χ2v) is 3.93. The smallest absolute Gasteiger partial charge is 0.252 e. The molecule has 0 bridgehead atoms. The zero-order valence-electron chi connectivity index (χ0n) is 9.93. The van der Waals surface area contributed by atoms with Crippen molar-refractivity contribution < 1.29 is 0 Å². The Balaban J connectivity index is 0.00000144. The minimum absolute atomic E-state index is 0. The lowest BCUT2D eigenvalue weighted by Gasteiger charge is -2.10. The van der Waals surface area contributed by atoms with E-state index in [0.717, 1.165) is 22.3 Å². The average molecular weight is 254 g/mol. The maximum atomic E-state index is 11.7. The first-order valence-electron chi connectivity index (χ1n) is 5.31. The quantitative estimate of drug-likeness (QED) is 0.880. The minimum atomic E-state index is -0.0459. The topological polar surface area (TPSA) is 60.9 Å². The van der Waals surface area contributed by atoms with Crippen molar-refractivity contribution in [1.29, 1.82) is 0 Å². The molecule has 5 heteroatoms. The largest absolute Gasteiger partial charge is 0.329 e. The molecule has 0 aliphatic rings. The Hall–Kier alpha value is -1.39. The summed E-state index contributed by atoms with van der Waals surface area (Å²) >= 11 is 0. The molecule has 2 N–H and O–H groups in total. The van der Waals surface area contributed by atoms with Crippen LogP contribution in [0.4, 0.5) is 0 Å². The summed E-state index contributed by atoms with van der Waals surface area (Å²) in [5, 5.41) is 1.01. The molecule has 0 saturated heterocycles. The molecule has 2 rings (SSSR count). The van der Waals surface area contributed by atoms with Gasteiger partial charge in [0.2, 0.25) is 0 Å². The van der Waals surface area contributed by atoms with E-state index in [0.29, 0.717) is 13.1 Å². The van der Waals surface area contributed by atoms with Gasteiger partial charge >= 0.3 is 0 Å². The van der Waals surface area contributed by atoms with E-state index in [-0.39, 0.29) is 18.0 Å². The molecule has 17 heavy (non-hydrogen) atoms. The number of pyridine rings is 2. The number of nitrogens with two attached hydrogens (primary N) is 1. The Bertz CT molecular complexity index is 592. The van der Waals surface area contributed by atoms with Gasteiger partial charge in [0.1, 0.15) is 5.65 Å². The van der Waals surface area contributed by atoms with Gasteiger partial charge in [-0.25, -0.2) is 4.98 Å². The highest BCUT2D eigenvalue weighted by Gasteiger charge is 2.06. The summed E-state index contributed by atoms with van der Waals surface area (Å²) in [5.74, 6) is 0. The van der Waals surface area contributed by atoms with E-state index >= 15 is 0 Å². The number of aryl methyl sites for hydroxylation is 2. The molecule has 2 aromatic rings. The van der Waals surface area contributed by atoms with Gasteiger partial charge in [-0.05, 0) is 31.5 Å². The van der Waals surface area contributed by atoms with Crippen LogP contribution in [0.15, 0.2) is 23.0 Å². The van der Waals surface area contributed by atoms with E-state index < -0.39 is 0 Å². The molecule has 0 saturated carbocycles. The zero-order valence-corrected chi connectivity index (χ0v) is 10.8. The van der Waals surface area contributed by atoms with E-state index in [2.05, 4.69) is 4.98 Å². The van der Waals surface area contributed by atoms with Crippen LogP contribution >= 0.6 is 12.4 Å². The lowest BCUT2D eigenvalue weighted by molar-refractivity contribution is 0.699. The second-order valence-electron chi connectivity index (χ2n) is 3.93. The Kier molecular flexibility index (Phi) is 4.26. The van der Waals surface area contributed by atoms with Gasteiger partial charge in [-0.3, -0.25) is 9.36 Å². The number of halogens is 1. The third-order valence-electron chi connectivity index (χ3n) is 2.64. The highest BCUT2D eigenvalue weighted by molar-refractivity contribution is 5.85. The number of hydrogen-bond acceptors (Lipinski definition) is 3. The highest BCUT2D eigenvalue weighted by atomic mass is 35.5. The normalized spacial score (nSPS) is 10.3. The molecule has 0 aliphatic heterocycles. The second kappa shape index (κ2) is 5.29. The lowest BCUT2D eigenvalue weighted by atomic mass is 10.1. The molecule has 0 aromatic carbocycles. The Morgan fingerprint density at radius 1 is 1.35 bits per heavy atom. The summed E-state index contributed by atoms with van der Waals surface area (Å²) in [6, 6.07) is 5.41. The minimum Gasteiger partial charge on any atom is -0.329 e. The lowest BCUT2D eigenvalue weighted by Crippen LogP contribution is -2.24. The number of rotatable bonds is 2. The van der Waals surface area contributed by atoms with E-state index in [1.165, 1.54) is 0 Å². The molecule has 0 spiro atoms. The van der Waals surface area contributed by atoms with Gasteiger partial charge in [0, 0.05) is 30.2 Å². The number of hydrogen-bond donors (Lipinski definition) is 1. The van der Waals surface area contributed by atoms with Crippen molar-refractivity contribution in [2.75, 3.05) is 6.54 Å². The summed E-state index contributed by atoms with van der Waals surface area (Å²) in [6.45, 7) is 4.89. The Labute approximate surface area is 106 Å². The van der Waals surface area contributed by atoms with Crippen molar-refractivity contribution in [3.63, 3.8) is 0 Å². The number of aromatic nitrogens is 2. The van der Waals surface area contributed by atoms with E-state index in [1.54, 1.807) is 10.6 Å². The van der Waals surface area contributed by atoms with Crippen LogP contribution in [0.2, 0.25) is 0 Å². The zero-order chi connectivity index (χ0) is 11.7. The van der Waals surface area contributed by atoms with Crippen LogP contribution in [-0.4, -0.2) is 16.1 Å². The summed E-state index contributed by atoms with van der Waals surface area (Å²) in [5.41, 5.74) is 8.25. The van der Waals surface area contributed by atoms with Gasteiger partial charge in [-0.15, -0.1) is 12.4 Å². The van der Waals surface area contributed by atoms with Crippen LogP contribution < -0.4 is 11.3 Å². The fraction of sp³-hybridized carbons (Fsp3) is 0.333. The monoisotopic (exact) mass is 253 g/mol. The summed E-state index contributed by atoms with van der Waals surface area (Å²) in [6.07, 6.45) is 0. The van der Waals surface area contributed by atoms with Crippen molar-refractivity contribution >= 4 is 23.4 Å². The van der Waals surface area contributed by atoms with Crippen LogP contribution in [0.3, 0.4) is 0 Å². The SMILES string of the molecule is Cc1cc(C)c2ccc(=O)n(CCN)c2n1.Cl. The van der Waals surface area contributed by atoms with Crippen LogP contribution in [-0.2, 0) is 6.54 Å². The number of nitrogens with zero attached hydrogens (tertiary/aromatic N) is 2. The van der Waals surface area contributed by atoms with Crippen LogP contribution in [0.1, 0.15) is 11.3 Å². The summed E-state index contributed by atoms with van der Waals surface area (Å²) in [7, 11) is 0. The fourth-order valence-corrected chi connectivity index (χ4v) is 1.93. The molecule has 2 aromatic heterocycles. The standard InChI is InChI=1S/C12H15N3O.ClH/c1-8-7-9(2)14-12-10(8)3-4-11(16)15(12)6-5-13;/h3-4,7H,5-6,13H2,1-2H3;1H. The summed E-state index contributed by atoms with van der Waals surface area (Å²) < 4.78 is 1.63. The van der Waals surface area contributed by atoms with Gasteiger partial charge in [0.15, 0.2) is 0 Å². The van der Waals surface area contributed by atoms with Crippen molar-refractivity contribution in [3.05, 3.63) is 39.8 Å². The first kappa shape index (κ1) is 13.7. The first-order valence-corrected chi connectivity index (χ1v) is 5.31. The third kappa shape index (κ3) is 2.48. The van der Waals surface area contributed by atoms with Crippen molar-refractivity contribution in [1.82, 2.24) is 9.55 Å². The summed E-state index contributed by atoms with van der Waals surface area (Å²) in [4.78, 5) is 16.1. The molecular weight excluding hydrogens is 238 g/mol. The van der Waals surface area contributed by atoms with Gasteiger partial charge < -0.3 is 5.73 Å². The van der Waals surface area contributed by atoms with E-state index in [1.807, 2.05) is 26.0 Å². The van der Waals surface area contributed by atoms with Crippen molar-refractivity contribution in [3.8, 4) is 0 Å². The van der Waals surface area contributed by atoms with E-state index in [4.69, 9.17) is 5.73 Å². The maximum Gasteiger partial charge on any atom is 0.252 e. The molecule has 0 aliphatic carbocycles. The Morgan fingerprint density at radius 3 is 2.71 bits per heavy atom. The predicted octanol–water partition coefficient (Wildman–Crippen LogP) is 1.39. The van der Waals surface area contributed by atoms with Gasteiger partial charge in [0.25, 0.3) is 5.56 Å². The molecule has 0 fully saturated rings. The van der Waals surface area contributed by atoms with Crippen LogP contribution in [0, 0.1) is 13.8 Å². The molecule has 0 unspecified atom stereocenters. The van der Waals surface area contributed by atoms with Gasteiger partial charge in [-0.2, -0.15) is 0 Å². The van der Waals surface area contributed by atoms with Crippen LogP contribution in [0.5, 0.6) is 0 Å². The predicted molar refractivity (Wildman–Crippen MR) is 71.8 cm³/mol. The molecule has 0 amide bonds. The number of fused-ring (bicyclic) bond motifs is 1.